The van der Waals surface area contributed by atoms with E-state index in [0.717, 1.165) is 22.1 Å². The van der Waals surface area contributed by atoms with Gasteiger partial charge in [-0.15, -0.1) is 4.33 Å². The van der Waals surface area contributed by atoms with Crippen molar-refractivity contribution in [2.75, 3.05) is 0 Å². The summed E-state index contributed by atoms with van der Waals surface area (Å²) in [5, 5.41) is 13.4. The minimum Gasteiger partial charge on any atom is -0.282 e. The molecule has 1 aliphatic carbocycles. The molecule has 2 aromatic carbocycles. The van der Waals surface area contributed by atoms with Gasteiger partial charge in [-0.25, -0.2) is 5.26 Å². The van der Waals surface area contributed by atoms with Crippen LogP contribution in [-0.4, -0.2) is 18.2 Å². The van der Waals surface area contributed by atoms with Crippen molar-refractivity contribution in [3.63, 3.8) is 0 Å². The number of benzene rings is 2. The Kier molecular flexibility index (Phi) is 4.23. The van der Waals surface area contributed by atoms with Crippen LogP contribution in [0.15, 0.2) is 39.6 Å². The van der Waals surface area contributed by atoms with Gasteiger partial charge in [-0.1, -0.05) is 42.7 Å². The van der Waals surface area contributed by atoms with E-state index in [2.05, 4.69) is 29.3 Å². The van der Waals surface area contributed by atoms with Gasteiger partial charge in [0.05, 0.1) is 16.9 Å². The fourth-order valence-electron chi connectivity index (χ4n) is 3.09. The Morgan fingerprint density at radius 3 is 2.50 bits per heavy atom. The van der Waals surface area contributed by atoms with Crippen LogP contribution in [0.25, 0.3) is 16.8 Å². The van der Waals surface area contributed by atoms with Crippen LogP contribution in [0.5, 0.6) is 0 Å². The quantitative estimate of drug-likeness (QED) is 0.361. The van der Waals surface area contributed by atoms with Crippen molar-refractivity contribution in [3.05, 3.63) is 41.0 Å². The first kappa shape index (κ1) is 17.4. The lowest BCUT2D eigenvalue weighted by Crippen LogP contribution is -2.16. The minimum absolute atomic E-state index is 0.243. The van der Waals surface area contributed by atoms with Gasteiger partial charge in [0.2, 0.25) is 0 Å². The fourth-order valence-corrected chi connectivity index (χ4v) is 4.25. The first-order valence-electron chi connectivity index (χ1n) is 7.08. The minimum atomic E-state index is -4.40. The van der Waals surface area contributed by atoms with Crippen LogP contribution >= 0.6 is 12.0 Å². The fraction of sp³-hybridized carbons (Fsp3) is 0.250. The first-order chi connectivity index (χ1) is 11.2. The molecular formula is C16H16O6S2. The lowest BCUT2D eigenvalue weighted by Gasteiger charge is -2.24. The molecule has 1 aliphatic rings. The maximum Gasteiger partial charge on any atom is 0.294 e. The van der Waals surface area contributed by atoms with E-state index in [4.69, 9.17) is 5.26 Å². The van der Waals surface area contributed by atoms with E-state index in [9.17, 15) is 13.0 Å². The Hall–Kier alpha value is -1.42. The van der Waals surface area contributed by atoms with Crippen LogP contribution < -0.4 is 0 Å². The van der Waals surface area contributed by atoms with E-state index in [-0.39, 0.29) is 10.3 Å². The maximum absolute atomic E-state index is 11.6. The number of fused-ring (bicyclic) bond motifs is 3. The van der Waals surface area contributed by atoms with E-state index in [1.807, 2.05) is 19.1 Å². The molecule has 0 radical (unpaired) electrons. The predicted octanol–water partition coefficient (Wildman–Crippen LogP) is 4.21. The molecule has 0 amide bonds. The molecule has 8 heteroatoms. The molecule has 128 valence electrons. The molecule has 2 N–H and O–H groups in total. The van der Waals surface area contributed by atoms with Crippen LogP contribution in [0, 0.1) is 0 Å². The van der Waals surface area contributed by atoms with Gasteiger partial charge >= 0.3 is 0 Å². The van der Waals surface area contributed by atoms with Crippen LogP contribution in [-0.2, 0) is 24.9 Å². The number of hydrogen-bond donors (Lipinski definition) is 2. The average Bonchev–Trinajstić information content (AvgIpc) is 2.73. The van der Waals surface area contributed by atoms with E-state index in [0.29, 0.717) is 22.3 Å². The van der Waals surface area contributed by atoms with Crippen molar-refractivity contribution < 1.29 is 27.6 Å². The van der Waals surface area contributed by atoms with Crippen LogP contribution in [0.2, 0.25) is 0 Å². The standard InChI is InChI=1S/C16H16O6S2/c1-9-6-10-4-5-12-13(15(10)16(9,2)3)7-11(24(18,19)20)8-14(12)23-22-21-17/h4-8,17H,1-3H3,(H,18,19,20). The first-order valence-corrected chi connectivity index (χ1v) is 9.26. The van der Waals surface area contributed by atoms with Gasteiger partial charge in [0.1, 0.15) is 0 Å². The number of rotatable bonds is 4. The zero-order valence-electron chi connectivity index (χ0n) is 13.2. The zero-order chi connectivity index (χ0) is 17.7. The van der Waals surface area contributed by atoms with E-state index in [1.165, 1.54) is 12.1 Å². The summed E-state index contributed by atoms with van der Waals surface area (Å²) in [7, 11) is -4.40. The third kappa shape index (κ3) is 2.75. The summed E-state index contributed by atoms with van der Waals surface area (Å²) < 4.78 is 37.2. The van der Waals surface area contributed by atoms with Crippen molar-refractivity contribution in [2.24, 2.45) is 0 Å². The molecule has 0 heterocycles. The Bertz CT molecular complexity index is 960. The highest BCUT2D eigenvalue weighted by molar-refractivity contribution is 7.94. The summed E-state index contributed by atoms with van der Waals surface area (Å²) >= 11 is 0.662. The monoisotopic (exact) mass is 368 g/mol. The molecule has 24 heavy (non-hydrogen) atoms. The van der Waals surface area contributed by atoms with Crippen molar-refractivity contribution >= 4 is 39.0 Å². The lowest BCUT2D eigenvalue weighted by atomic mass is 9.79. The summed E-state index contributed by atoms with van der Waals surface area (Å²) in [6, 6.07) is 6.53. The molecule has 0 aliphatic heterocycles. The molecule has 0 atom stereocenters. The third-order valence-electron chi connectivity index (χ3n) is 4.54. The highest BCUT2D eigenvalue weighted by Crippen LogP contribution is 2.46. The summed E-state index contributed by atoms with van der Waals surface area (Å²) in [6.07, 6.45) is 2.06. The predicted molar refractivity (Wildman–Crippen MR) is 91.1 cm³/mol. The number of allylic oxidation sites excluding steroid dienone is 1. The molecule has 0 fully saturated rings. The second-order valence-electron chi connectivity index (χ2n) is 6.20. The van der Waals surface area contributed by atoms with Crippen LogP contribution in [0.3, 0.4) is 0 Å². The Morgan fingerprint density at radius 1 is 1.17 bits per heavy atom. The second kappa shape index (κ2) is 5.83. The topological polar surface area (TPSA) is 93.1 Å². The molecular weight excluding hydrogens is 352 g/mol. The van der Waals surface area contributed by atoms with E-state index >= 15 is 0 Å². The molecule has 2 aromatic rings. The summed E-state index contributed by atoms with van der Waals surface area (Å²) in [4.78, 5) is 0.158. The van der Waals surface area contributed by atoms with Gasteiger partial charge in [-0.05, 0) is 41.0 Å². The summed E-state index contributed by atoms with van der Waals surface area (Å²) in [5.41, 5.74) is 2.87. The third-order valence-corrected chi connectivity index (χ3v) is 6.02. The highest BCUT2D eigenvalue weighted by atomic mass is 32.2. The molecule has 0 unspecified atom stereocenters. The second-order valence-corrected chi connectivity index (χ2v) is 8.36. The summed E-state index contributed by atoms with van der Waals surface area (Å²) in [6.45, 7) is 6.14. The molecule has 0 saturated heterocycles. The summed E-state index contributed by atoms with van der Waals surface area (Å²) in [5.74, 6) is 0. The van der Waals surface area contributed by atoms with Crippen LogP contribution in [0.4, 0.5) is 0 Å². The van der Waals surface area contributed by atoms with E-state index in [1.54, 1.807) is 0 Å². The lowest BCUT2D eigenvalue weighted by molar-refractivity contribution is -0.432. The molecule has 6 nitrogen and oxygen atoms in total. The SMILES string of the molecule is CC1=Cc2ccc3c(SOOO)cc(S(=O)(=O)O)cc3c2C1(C)C. The van der Waals surface area contributed by atoms with Gasteiger partial charge < -0.3 is 0 Å². The molecule has 3 rings (SSSR count). The van der Waals surface area contributed by atoms with E-state index < -0.39 is 10.1 Å². The molecule has 0 aromatic heterocycles. The Morgan fingerprint density at radius 2 is 1.88 bits per heavy atom. The Balaban J connectivity index is 2.37. The van der Waals surface area contributed by atoms with Gasteiger partial charge in [0, 0.05) is 10.3 Å². The van der Waals surface area contributed by atoms with Gasteiger partial charge in [0.25, 0.3) is 10.1 Å². The zero-order valence-corrected chi connectivity index (χ0v) is 14.9. The van der Waals surface area contributed by atoms with Gasteiger partial charge in [0.15, 0.2) is 0 Å². The smallest absolute Gasteiger partial charge is 0.282 e. The van der Waals surface area contributed by atoms with Gasteiger partial charge in [-0.3, -0.25) is 4.55 Å². The molecule has 0 saturated carbocycles. The normalized spacial score (nSPS) is 16.3. The largest absolute Gasteiger partial charge is 0.294 e. The molecule has 0 spiro atoms. The average molecular weight is 368 g/mol. The van der Waals surface area contributed by atoms with Crippen molar-refractivity contribution in [3.8, 4) is 0 Å². The molecule has 0 bridgehead atoms. The highest BCUT2D eigenvalue weighted by Gasteiger charge is 2.33. The van der Waals surface area contributed by atoms with Crippen LogP contribution in [0.1, 0.15) is 31.9 Å². The van der Waals surface area contributed by atoms with Crippen molar-refractivity contribution in [1.29, 1.82) is 0 Å². The maximum atomic E-state index is 11.6. The van der Waals surface area contributed by atoms with Crippen molar-refractivity contribution in [1.82, 2.24) is 0 Å². The Labute approximate surface area is 143 Å². The van der Waals surface area contributed by atoms with Crippen molar-refractivity contribution in [2.45, 2.75) is 36.0 Å². The number of hydrogen-bond acceptors (Lipinski definition) is 6. The van der Waals surface area contributed by atoms with Gasteiger partial charge in [-0.2, -0.15) is 8.42 Å².